The molecule has 1 aliphatic rings. The second-order valence-electron chi connectivity index (χ2n) is 9.22. The first-order valence-corrected chi connectivity index (χ1v) is 10.8. The Morgan fingerprint density at radius 1 is 1.07 bits per heavy atom. The lowest BCUT2D eigenvalue weighted by molar-refractivity contribution is 0.0482. The minimum Gasteiger partial charge on any atom is -0.478 e. The maximum Gasteiger partial charge on any atom is 0.335 e. The van der Waals surface area contributed by atoms with Crippen molar-refractivity contribution >= 4 is 16.0 Å². The molecule has 0 radical (unpaired) electrons. The molecule has 27 heavy (non-hydrogen) atoms. The Kier molecular flexibility index (Phi) is 6.09. The molecule has 6 nitrogen and oxygen atoms in total. The number of hydrogen-bond acceptors (Lipinski definition) is 4. The number of rotatable bonds is 5. The summed E-state index contributed by atoms with van der Waals surface area (Å²) in [6.45, 7) is 14.9. The van der Waals surface area contributed by atoms with E-state index in [1.807, 2.05) is 0 Å². The maximum absolute atomic E-state index is 13.0. The van der Waals surface area contributed by atoms with Crippen LogP contribution in [0.2, 0.25) is 0 Å². The zero-order valence-electron chi connectivity index (χ0n) is 17.2. The van der Waals surface area contributed by atoms with Crippen molar-refractivity contribution < 1.29 is 18.3 Å². The summed E-state index contributed by atoms with van der Waals surface area (Å²) in [5.41, 5.74) is 0.771. The van der Waals surface area contributed by atoms with Gasteiger partial charge in [0.2, 0.25) is 10.0 Å². The molecule has 0 saturated carbocycles. The van der Waals surface area contributed by atoms with Crippen molar-refractivity contribution in [3.8, 4) is 0 Å². The summed E-state index contributed by atoms with van der Waals surface area (Å²) in [6.07, 6.45) is 1.02. The summed E-state index contributed by atoms with van der Waals surface area (Å²) in [6, 6.07) is 4.31. The lowest BCUT2D eigenvalue weighted by Gasteiger charge is -2.46. The van der Waals surface area contributed by atoms with Gasteiger partial charge in [0.15, 0.2) is 0 Å². The second-order valence-corrected chi connectivity index (χ2v) is 11.2. The quantitative estimate of drug-likeness (QED) is 0.827. The molecule has 1 N–H and O–H groups in total. The molecule has 0 amide bonds. The molecule has 0 unspecified atom stereocenters. The molecule has 152 valence electrons. The summed E-state index contributed by atoms with van der Waals surface area (Å²) in [4.78, 5) is 13.7. The molecule has 2 rings (SSSR count). The molecule has 1 saturated heterocycles. The van der Waals surface area contributed by atoms with Crippen LogP contribution < -0.4 is 0 Å². The fourth-order valence-corrected chi connectivity index (χ4v) is 5.53. The normalized spacial score (nSPS) is 17.9. The van der Waals surface area contributed by atoms with Gasteiger partial charge in [-0.2, -0.15) is 4.31 Å². The average molecular weight is 397 g/mol. The molecular formula is C20H32N2O4S. The van der Waals surface area contributed by atoms with Crippen LogP contribution in [0, 0.1) is 12.3 Å². The molecule has 1 aromatic carbocycles. The summed E-state index contributed by atoms with van der Waals surface area (Å²) in [5, 5.41) is 9.27. The zero-order chi connectivity index (χ0) is 20.6. The lowest BCUT2D eigenvalue weighted by Crippen LogP contribution is -2.56. The first kappa shape index (κ1) is 21.9. The van der Waals surface area contributed by atoms with Crippen molar-refractivity contribution in [2.24, 2.45) is 5.41 Å². The minimum atomic E-state index is -3.70. The Hall–Kier alpha value is -1.44. The van der Waals surface area contributed by atoms with Crippen LogP contribution in [0.5, 0.6) is 0 Å². The molecule has 0 aliphatic carbocycles. The Labute approximate surface area is 163 Å². The third-order valence-corrected chi connectivity index (χ3v) is 7.03. The van der Waals surface area contributed by atoms with Crippen molar-refractivity contribution in [1.82, 2.24) is 9.21 Å². The number of sulfonamides is 1. The van der Waals surface area contributed by atoms with Gasteiger partial charge in [0.1, 0.15) is 0 Å². The Morgan fingerprint density at radius 2 is 1.63 bits per heavy atom. The van der Waals surface area contributed by atoms with E-state index in [0.29, 0.717) is 31.7 Å². The average Bonchev–Trinajstić information content (AvgIpc) is 2.52. The molecule has 0 spiro atoms. The number of carboxylic acid groups (broad SMARTS) is 1. The summed E-state index contributed by atoms with van der Waals surface area (Å²) < 4.78 is 27.4. The topological polar surface area (TPSA) is 77.9 Å². The van der Waals surface area contributed by atoms with E-state index < -0.39 is 16.0 Å². The van der Waals surface area contributed by atoms with Crippen LogP contribution >= 0.6 is 0 Å². The standard InChI is InChI=1S/C20H32N2O4S/c1-15-7-8-16(13-17(15)18(23)24)27(25,26)22-11-9-21(10-12-22)20(5,6)14-19(2,3)4/h7-8,13H,9-12,14H2,1-6H3,(H,23,24). The number of aryl methyl sites for hydroxylation is 1. The maximum atomic E-state index is 13.0. The summed E-state index contributed by atoms with van der Waals surface area (Å²) in [5.74, 6) is -1.11. The predicted molar refractivity (Wildman–Crippen MR) is 107 cm³/mol. The zero-order valence-corrected chi connectivity index (χ0v) is 18.1. The highest BCUT2D eigenvalue weighted by atomic mass is 32.2. The molecule has 1 aliphatic heterocycles. The van der Waals surface area contributed by atoms with E-state index in [-0.39, 0.29) is 21.4 Å². The van der Waals surface area contributed by atoms with Gasteiger partial charge in [0, 0.05) is 31.7 Å². The van der Waals surface area contributed by atoms with E-state index in [1.54, 1.807) is 13.0 Å². The van der Waals surface area contributed by atoms with Crippen molar-refractivity contribution in [2.45, 2.75) is 58.4 Å². The molecule has 1 fully saturated rings. The Bertz CT molecular complexity index is 802. The SMILES string of the molecule is Cc1ccc(S(=O)(=O)N2CCN(C(C)(C)CC(C)(C)C)CC2)cc1C(=O)O. The van der Waals surface area contributed by atoms with Gasteiger partial charge in [-0.25, -0.2) is 13.2 Å². The van der Waals surface area contributed by atoms with Gasteiger partial charge in [-0.05, 0) is 50.3 Å². The van der Waals surface area contributed by atoms with Crippen molar-refractivity contribution in [3.63, 3.8) is 0 Å². The largest absolute Gasteiger partial charge is 0.478 e. The van der Waals surface area contributed by atoms with Crippen LogP contribution in [0.3, 0.4) is 0 Å². The smallest absolute Gasteiger partial charge is 0.335 e. The van der Waals surface area contributed by atoms with E-state index in [4.69, 9.17) is 0 Å². The van der Waals surface area contributed by atoms with E-state index in [9.17, 15) is 18.3 Å². The van der Waals surface area contributed by atoms with Gasteiger partial charge in [-0.15, -0.1) is 0 Å². The van der Waals surface area contributed by atoms with Crippen molar-refractivity contribution in [1.29, 1.82) is 0 Å². The third kappa shape index (κ3) is 5.09. The van der Waals surface area contributed by atoms with Crippen molar-refractivity contribution in [2.75, 3.05) is 26.2 Å². The van der Waals surface area contributed by atoms with Crippen molar-refractivity contribution in [3.05, 3.63) is 29.3 Å². The number of piperazine rings is 1. The van der Waals surface area contributed by atoms with Gasteiger partial charge >= 0.3 is 5.97 Å². The first-order valence-electron chi connectivity index (χ1n) is 9.33. The fourth-order valence-electron chi connectivity index (χ4n) is 4.08. The number of aromatic carboxylic acids is 1. The molecule has 1 heterocycles. The molecule has 7 heteroatoms. The summed E-state index contributed by atoms with van der Waals surface area (Å²) >= 11 is 0. The predicted octanol–water partition coefficient (Wildman–Crippen LogP) is 3.21. The highest BCUT2D eigenvalue weighted by molar-refractivity contribution is 7.89. The fraction of sp³-hybridized carbons (Fsp3) is 0.650. The van der Waals surface area contributed by atoms with Crippen LogP contribution in [0.15, 0.2) is 23.1 Å². The molecule has 1 aromatic rings. The van der Waals surface area contributed by atoms with Gasteiger partial charge in [0.25, 0.3) is 0 Å². The minimum absolute atomic E-state index is 0.00552. The number of hydrogen-bond donors (Lipinski definition) is 1. The van der Waals surface area contributed by atoms with Gasteiger partial charge < -0.3 is 5.11 Å². The summed E-state index contributed by atoms with van der Waals surface area (Å²) in [7, 11) is -3.70. The molecule has 0 atom stereocenters. The monoisotopic (exact) mass is 396 g/mol. The van der Waals surface area contributed by atoms with Gasteiger partial charge in [-0.1, -0.05) is 26.8 Å². The number of carboxylic acids is 1. The highest BCUT2D eigenvalue weighted by Crippen LogP contribution is 2.32. The lowest BCUT2D eigenvalue weighted by atomic mass is 9.80. The van der Waals surface area contributed by atoms with Crippen LogP contribution in [-0.4, -0.2) is 60.4 Å². The number of carbonyl (C=O) groups is 1. The van der Waals surface area contributed by atoms with Gasteiger partial charge in [0.05, 0.1) is 10.5 Å². The van der Waals surface area contributed by atoms with Crippen LogP contribution in [0.1, 0.15) is 57.0 Å². The van der Waals surface area contributed by atoms with Crippen LogP contribution in [-0.2, 0) is 10.0 Å². The van der Waals surface area contributed by atoms with Crippen LogP contribution in [0.4, 0.5) is 0 Å². The molecular weight excluding hydrogens is 364 g/mol. The van der Waals surface area contributed by atoms with E-state index in [0.717, 1.165) is 6.42 Å². The van der Waals surface area contributed by atoms with Gasteiger partial charge in [-0.3, -0.25) is 4.90 Å². The molecule has 0 aromatic heterocycles. The number of benzene rings is 1. The first-order chi connectivity index (χ1) is 12.2. The third-order valence-electron chi connectivity index (χ3n) is 5.13. The highest BCUT2D eigenvalue weighted by Gasteiger charge is 2.36. The Balaban J connectivity index is 2.15. The number of nitrogens with zero attached hydrogens (tertiary/aromatic N) is 2. The van der Waals surface area contributed by atoms with E-state index in [2.05, 4.69) is 39.5 Å². The Morgan fingerprint density at radius 3 is 2.11 bits per heavy atom. The van der Waals surface area contributed by atoms with E-state index in [1.165, 1.54) is 16.4 Å². The molecule has 0 bridgehead atoms. The van der Waals surface area contributed by atoms with Crippen LogP contribution in [0.25, 0.3) is 0 Å². The van der Waals surface area contributed by atoms with E-state index >= 15 is 0 Å². The second kappa shape index (κ2) is 7.53.